The maximum Gasteiger partial charge on any atom is 0.203 e. The fourth-order valence-corrected chi connectivity index (χ4v) is 2.07. The number of hydrogen-bond donors (Lipinski definition) is 1. The van der Waals surface area contributed by atoms with E-state index in [4.69, 9.17) is 15.7 Å². The summed E-state index contributed by atoms with van der Waals surface area (Å²) in [5, 5.41) is 15.8. The van der Waals surface area contributed by atoms with Gasteiger partial charge < -0.3 is 9.84 Å². The summed E-state index contributed by atoms with van der Waals surface area (Å²) in [7, 11) is 0. The number of nitrogens with one attached hydrogen (secondary N) is 1. The van der Waals surface area contributed by atoms with Gasteiger partial charge in [0, 0.05) is 21.0 Å². The molecule has 0 unspecified atom stereocenters. The number of anilines is 1. The number of carbonyl (C=O) groups excluding carboxylic acids is 1. The van der Waals surface area contributed by atoms with Crippen molar-refractivity contribution < 1.29 is 13.4 Å². The van der Waals surface area contributed by atoms with E-state index in [0.29, 0.717) is 16.6 Å². The topological polar surface area (TPSA) is 80.9 Å². The van der Waals surface area contributed by atoms with Gasteiger partial charge in [-0.3, -0.25) is 4.79 Å². The molecular formula is C14H11ClN4O2. The third-order valence-corrected chi connectivity index (χ3v) is 3.13. The van der Waals surface area contributed by atoms with Crippen LogP contribution < -0.4 is 5.32 Å². The molecule has 21 heavy (non-hydrogen) atoms. The zero-order chi connectivity index (χ0) is 17.3. The van der Waals surface area contributed by atoms with Crippen LogP contribution in [0.1, 0.15) is 20.4 Å². The number of Topliss-reactive ketones (excluding diaryl/α,β-unsaturated/α-hetero) is 1. The van der Waals surface area contributed by atoms with Crippen LogP contribution in [-0.4, -0.2) is 27.7 Å². The smallest absolute Gasteiger partial charge is 0.203 e. The highest BCUT2D eigenvalue weighted by Gasteiger charge is 2.13. The van der Waals surface area contributed by atoms with E-state index in [1.165, 1.54) is 0 Å². The number of carbonyl (C=O) groups is 1. The standard InChI is InChI=1S/C14H11ClN4O2/c1-8-6-11(19-21-8)12(20)7-16-14-10-5-3-2-4-9(10)13(15)17-18-14/h2-6H,7H2,1H3,(H,16,18)/i1D3. The van der Waals surface area contributed by atoms with Gasteiger partial charge in [0.1, 0.15) is 5.76 Å². The largest absolute Gasteiger partial charge is 0.361 e. The van der Waals surface area contributed by atoms with Crippen LogP contribution in [0.2, 0.25) is 5.15 Å². The minimum Gasteiger partial charge on any atom is -0.361 e. The van der Waals surface area contributed by atoms with Crippen molar-refractivity contribution in [3.63, 3.8) is 0 Å². The third-order valence-electron chi connectivity index (χ3n) is 2.85. The van der Waals surface area contributed by atoms with E-state index in [2.05, 4.69) is 25.2 Å². The molecule has 0 spiro atoms. The second kappa shape index (κ2) is 5.49. The van der Waals surface area contributed by atoms with Gasteiger partial charge in [-0.05, 0) is 6.85 Å². The second-order valence-corrected chi connectivity index (χ2v) is 4.60. The lowest BCUT2D eigenvalue weighted by molar-refractivity contribution is 0.0997. The van der Waals surface area contributed by atoms with Gasteiger partial charge in [0.05, 0.1) is 6.54 Å². The highest BCUT2D eigenvalue weighted by Crippen LogP contribution is 2.25. The molecule has 3 aromatic rings. The minimum atomic E-state index is -2.45. The van der Waals surface area contributed by atoms with Crippen LogP contribution in [0.25, 0.3) is 10.8 Å². The summed E-state index contributed by atoms with van der Waals surface area (Å²) >= 11 is 5.99. The monoisotopic (exact) mass is 305 g/mol. The van der Waals surface area contributed by atoms with Crippen molar-refractivity contribution in [1.82, 2.24) is 15.4 Å². The zero-order valence-corrected chi connectivity index (χ0v) is 11.4. The minimum absolute atomic E-state index is 0.0696. The molecule has 0 radical (unpaired) electrons. The lowest BCUT2D eigenvalue weighted by Crippen LogP contribution is -2.15. The Morgan fingerprint density at radius 2 is 2.19 bits per heavy atom. The van der Waals surface area contributed by atoms with Gasteiger partial charge in [-0.1, -0.05) is 41.0 Å². The maximum atomic E-state index is 12.1. The van der Waals surface area contributed by atoms with E-state index in [0.717, 1.165) is 6.07 Å². The Bertz CT molecular complexity index is 910. The fraction of sp³-hybridized carbons (Fsp3) is 0.143. The first-order valence-electron chi connectivity index (χ1n) is 7.51. The van der Waals surface area contributed by atoms with Crippen LogP contribution in [-0.2, 0) is 0 Å². The highest BCUT2D eigenvalue weighted by molar-refractivity contribution is 6.34. The van der Waals surface area contributed by atoms with Crippen molar-refractivity contribution in [3.8, 4) is 0 Å². The molecule has 0 saturated heterocycles. The molecule has 6 nitrogen and oxygen atoms in total. The van der Waals surface area contributed by atoms with Crippen molar-refractivity contribution in [3.05, 3.63) is 46.9 Å². The van der Waals surface area contributed by atoms with Crippen molar-refractivity contribution in [2.45, 2.75) is 6.85 Å². The lowest BCUT2D eigenvalue weighted by Gasteiger charge is -2.07. The molecule has 0 atom stereocenters. The summed E-state index contributed by atoms with van der Waals surface area (Å²) in [6.07, 6.45) is 0. The van der Waals surface area contributed by atoms with E-state index in [-0.39, 0.29) is 23.2 Å². The molecule has 1 N–H and O–H groups in total. The summed E-state index contributed by atoms with van der Waals surface area (Å²) < 4.78 is 26.3. The molecule has 7 heteroatoms. The third kappa shape index (κ3) is 2.71. The molecule has 0 aliphatic carbocycles. The predicted molar refractivity (Wildman–Crippen MR) is 78.6 cm³/mol. The number of fused-ring (bicyclic) bond motifs is 1. The van der Waals surface area contributed by atoms with Crippen LogP contribution in [0.4, 0.5) is 5.82 Å². The summed E-state index contributed by atoms with van der Waals surface area (Å²) in [5.74, 6) is -0.374. The van der Waals surface area contributed by atoms with Crippen LogP contribution in [0.15, 0.2) is 34.9 Å². The summed E-state index contributed by atoms with van der Waals surface area (Å²) in [6.45, 7) is -2.59. The van der Waals surface area contributed by atoms with E-state index >= 15 is 0 Å². The number of hydrogen-bond acceptors (Lipinski definition) is 6. The Hall–Kier alpha value is -2.47. The molecule has 0 saturated carbocycles. The van der Waals surface area contributed by atoms with Crippen LogP contribution in [0, 0.1) is 6.85 Å². The number of rotatable bonds is 4. The van der Waals surface area contributed by atoms with Crippen molar-refractivity contribution >= 4 is 34.0 Å². The summed E-state index contributed by atoms with van der Waals surface area (Å²) in [6, 6.07) is 8.33. The van der Waals surface area contributed by atoms with Gasteiger partial charge in [-0.2, -0.15) is 0 Å². The maximum absolute atomic E-state index is 12.1. The van der Waals surface area contributed by atoms with Gasteiger partial charge in [0.2, 0.25) is 5.78 Å². The Morgan fingerprint density at radius 1 is 1.38 bits per heavy atom. The highest BCUT2D eigenvalue weighted by atomic mass is 35.5. The van der Waals surface area contributed by atoms with Crippen LogP contribution in [0.5, 0.6) is 0 Å². The van der Waals surface area contributed by atoms with Crippen LogP contribution in [0.3, 0.4) is 0 Å². The zero-order valence-electron chi connectivity index (χ0n) is 13.6. The molecule has 0 aliphatic rings. The molecule has 2 aromatic heterocycles. The molecule has 2 heterocycles. The van der Waals surface area contributed by atoms with Gasteiger partial charge >= 0.3 is 0 Å². The predicted octanol–water partition coefficient (Wildman–Crippen LogP) is 2.87. The molecule has 0 bridgehead atoms. The van der Waals surface area contributed by atoms with E-state index in [1.807, 2.05) is 12.1 Å². The number of ketones is 1. The molecule has 0 fully saturated rings. The fourth-order valence-electron chi connectivity index (χ4n) is 1.86. The van der Waals surface area contributed by atoms with E-state index in [9.17, 15) is 4.79 Å². The molecule has 3 rings (SSSR count). The quantitative estimate of drug-likeness (QED) is 0.746. The lowest BCUT2D eigenvalue weighted by atomic mass is 10.2. The van der Waals surface area contributed by atoms with Gasteiger partial charge in [-0.25, -0.2) is 0 Å². The Kier molecular flexibility index (Phi) is 2.69. The molecule has 0 aliphatic heterocycles. The van der Waals surface area contributed by atoms with E-state index < -0.39 is 12.6 Å². The average Bonchev–Trinajstić information content (AvgIpc) is 3.05. The summed E-state index contributed by atoms with van der Waals surface area (Å²) in [4.78, 5) is 12.1. The SMILES string of the molecule is [2H]C([2H])([2H])c1cc(C(=O)CNc2nnc(Cl)c3ccccc23)no1. The number of nitrogens with zero attached hydrogens (tertiary/aromatic N) is 3. The van der Waals surface area contributed by atoms with E-state index in [1.54, 1.807) is 12.1 Å². The van der Waals surface area contributed by atoms with Crippen molar-refractivity contribution in [2.75, 3.05) is 11.9 Å². The van der Waals surface area contributed by atoms with Gasteiger partial charge in [-0.15, -0.1) is 10.2 Å². The molecule has 0 amide bonds. The normalized spacial score (nSPS) is 13.5. The molecule has 106 valence electrons. The number of aryl methyl sites for hydroxylation is 1. The number of halogens is 1. The van der Waals surface area contributed by atoms with Gasteiger partial charge in [0.15, 0.2) is 16.7 Å². The Morgan fingerprint density at radius 3 is 2.95 bits per heavy atom. The molecular weight excluding hydrogens is 292 g/mol. The number of benzene rings is 1. The molecule has 1 aromatic carbocycles. The Balaban J connectivity index is 1.78. The first-order valence-corrected chi connectivity index (χ1v) is 6.39. The average molecular weight is 306 g/mol. The summed E-state index contributed by atoms with van der Waals surface area (Å²) in [5.41, 5.74) is -0.0696. The first kappa shape index (κ1) is 10.3. The number of aromatic nitrogens is 3. The first-order chi connectivity index (χ1) is 11.4. The Labute approximate surface area is 129 Å². The van der Waals surface area contributed by atoms with Crippen molar-refractivity contribution in [2.24, 2.45) is 0 Å². The van der Waals surface area contributed by atoms with Crippen molar-refractivity contribution in [1.29, 1.82) is 0 Å². The van der Waals surface area contributed by atoms with Crippen LogP contribution >= 0.6 is 11.6 Å². The van der Waals surface area contributed by atoms with Gasteiger partial charge in [0.25, 0.3) is 0 Å². The second-order valence-electron chi connectivity index (χ2n) is 4.24.